The molecule has 0 aliphatic rings. The normalized spacial score (nSPS) is 11.0. The van der Waals surface area contributed by atoms with E-state index >= 15 is 0 Å². The first-order chi connectivity index (χ1) is 30.2. The Morgan fingerprint density at radius 3 is 0.951 bits per heavy atom. The van der Waals surface area contributed by atoms with Crippen molar-refractivity contribution in [3.8, 4) is 90.1 Å². The molecule has 6 nitrogen and oxygen atoms in total. The van der Waals surface area contributed by atoms with E-state index in [0.717, 1.165) is 55.6 Å². The lowest BCUT2D eigenvalue weighted by molar-refractivity contribution is 1.06. The van der Waals surface area contributed by atoms with Crippen LogP contribution < -0.4 is 0 Å². The molecule has 61 heavy (non-hydrogen) atoms. The van der Waals surface area contributed by atoms with E-state index in [2.05, 4.69) is 153 Å². The van der Waals surface area contributed by atoms with Gasteiger partial charge in [-0.15, -0.1) is 0 Å². The molecule has 0 aliphatic carbocycles. The van der Waals surface area contributed by atoms with E-state index in [0.29, 0.717) is 23.3 Å². The lowest BCUT2D eigenvalue weighted by Gasteiger charge is -2.15. The number of hydrogen-bond acceptors (Lipinski definition) is 7. The molecule has 2 aromatic heterocycles. The van der Waals surface area contributed by atoms with Crippen molar-refractivity contribution in [2.45, 2.75) is 9.79 Å². The van der Waals surface area contributed by atoms with E-state index in [9.17, 15) is 0 Å². The first-order valence-corrected chi connectivity index (χ1v) is 20.8. The highest BCUT2D eigenvalue weighted by Crippen LogP contribution is 2.42. The molecule has 288 valence electrons. The monoisotopic (exact) mass is 800 g/mol. The van der Waals surface area contributed by atoms with Crippen LogP contribution in [0.1, 0.15) is 0 Å². The van der Waals surface area contributed by atoms with Crippen LogP contribution in [0.5, 0.6) is 0 Å². The lowest BCUT2D eigenvalue weighted by Crippen LogP contribution is -1.95. The molecule has 0 N–H and O–H groups in total. The molecule has 0 unspecified atom stereocenters. The molecule has 0 amide bonds. The Bertz CT molecular complexity index is 2920. The van der Waals surface area contributed by atoms with E-state index in [1.165, 1.54) is 20.9 Å². The van der Waals surface area contributed by atoms with Gasteiger partial charge in [-0.05, 0) is 80.9 Å². The molecule has 10 aromatic rings. The van der Waals surface area contributed by atoms with Gasteiger partial charge in [-0.2, -0.15) is 0 Å². The van der Waals surface area contributed by atoms with Crippen molar-refractivity contribution in [3.63, 3.8) is 0 Å². The standard InChI is InChI=1S/C54H36N6S/c1-3-15-37(16-4-1)51-55-35-57-53(59-51)45-25-13-21-41(33-45)39-19-11-23-43(31-39)47-27-7-9-29-49(47)61-50-30-10-8-28-48(50)44-24-12-20-40(32-44)42-22-14-26-46(34-42)54-58-36-56-52(60-54)38-17-5-2-6-18-38/h1-36H. The van der Waals surface area contributed by atoms with Gasteiger partial charge in [-0.1, -0.05) is 182 Å². The smallest absolute Gasteiger partial charge is 0.163 e. The number of aromatic nitrogens is 6. The summed E-state index contributed by atoms with van der Waals surface area (Å²) in [5.41, 5.74) is 12.8. The van der Waals surface area contributed by atoms with Gasteiger partial charge in [-0.25, -0.2) is 29.9 Å². The second kappa shape index (κ2) is 17.2. The van der Waals surface area contributed by atoms with E-state index in [4.69, 9.17) is 9.97 Å². The number of hydrogen-bond donors (Lipinski definition) is 0. The minimum atomic E-state index is 0.642. The second-order valence-electron chi connectivity index (χ2n) is 14.4. The van der Waals surface area contributed by atoms with Crippen LogP contribution in [0.15, 0.2) is 229 Å². The van der Waals surface area contributed by atoms with Crippen LogP contribution in [0.25, 0.3) is 90.1 Å². The summed E-state index contributed by atoms with van der Waals surface area (Å²) >= 11 is 1.79. The second-order valence-corrected chi connectivity index (χ2v) is 15.5. The Morgan fingerprint density at radius 2 is 0.541 bits per heavy atom. The molecule has 0 radical (unpaired) electrons. The highest BCUT2D eigenvalue weighted by Gasteiger charge is 2.14. The highest BCUT2D eigenvalue weighted by molar-refractivity contribution is 7.99. The minimum Gasteiger partial charge on any atom is -0.217 e. The molecule has 2 heterocycles. The summed E-state index contributed by atoms with van der Waals surface area (Å²) in [6, 6.07) is 71.6. The summed E-state index contributed by atoms with van der Waals surface area (Å²) in [4.78, 5) is 29.9. The van der Waals surface area contributed by atoms with Crippen molar-refractivity contribution in [2.24, 2.45) is 0 Å². The number of benzene rings is 8. The van der Waals surface area contributed by atoms with E-state index < -0.39 is 0 Å². The van der Waals surface area contributed by atoms with E-state index in [1.54, 1.807) is 24.4 Å². The Labute approximate surface area is 358 Å². The van der Waals surface area contributed by atoms with Crippen LogP contribution in [-0.4, -0.2) is 29.9 Å². The van der Waals surface area contributed by atoms with Crippen LogP contribution in [-0.2, 0) is 0 Å². The molecule has 10 rings (SSSR count). The summed E-state index contributed by atoms with van der Waals surface area (Å²) in [5.74, 6) is 2.59. The van der Waals surface area contributed by atoms with Gasteiger partial charge in [0.05, 0.1) is 0 Å². The van der Waals surface area contributed by atoms with E-state index in [-0.39, 0.29) is 0 Å². The van der Waals surface area contributed by atoms with Gasteiger partial charge < -0.3 is 0 Å². The minimum absolute atomic E-state index is 0.642. The molecule has 7 heteroatoms. The van der Waals surface area contributed by atoms with Crippen molar-refractivity contribution in [1.29, 1.82) is 0 Å². The average Bonchev–Trinajstić information content (AvgIpc) is 3.35. The third-order valence-corrected chi connectivity index (χ3v) is 11.6. The topological polar surface area (TPSA) is 77.3 Å². The summed E-state index contributed by atoms with van der Waals surface area (Å²) in [5, 5.41) is 0. The zero-order valence-corrected chi connectivity index (χ0v) is 33.7. The van der Waals surface area contributed by atoms with Gasteiger partial charge in [0, 0.05) is 32.0 Å². The van der Waals surface area contributed by atoms with Crippen molar-refractivity contribution < 1.29 is 0 Å². The molecule has 0 saturated heterocycles. The number of rotatable bonds is 10. The van der Waals surface area contributed by atoms with Crippen molar-refractivity contribution in [1.82, 2.24) is 29.9 Å². The van der Waals surface area contributed by atoms with Gasteiger partial charge >= 0.3 is 0 Å². The fourth-order valence-corrected chi connectivity index (χ4v) is 8.56. The van der Waals surface area contributed by atoms with Crippen molar-refractivity contribution >= 4 is 11.8 Å². The summed E-state index contributed by atoms with van der Waals surface area (Å²) in [6.45, 7) is 0. The summed E-state index contributed by atoms with van der Waals surface area (Å²) < 4.78 is 0. The predicted molar refractivity (Wildman–Crippen MR) is 247 cm³/mol. The molecule has 0 bridgehead atoms. The van der Waals surface area contributed by atoms with Crippen molar-refractivity contribution in [2.75, 3.05) is 0 Å². The Morgan fingerprint density at radius 1 is 0.246 bits per heavy atom. The highest BCUT2D eigenvalue weighted by atomic mass is 32.2. The van der Waals surface area contributed by atoms with Crippen LogP contribution in [0.3, 0.4) is 0 Å². The predicted octanol–water partition coefficient (Wildman–Crippen LogP) is 13.5. The maximum absolute atomic E-state index is 4.81. The summed E-state index contributed by atoms with van der Waals surface area (Å²) in [7, 11) is 0. The molecular weight excluding hydrogens is 765 g/mol. The van der Waals surface area contributed by atoms with Gasteiger partial charge in [0.1, 0.15) is 12.7 Å². The van der Waals surface area contributed by atoms with E-state index in [1.807, 2.05) is 72.8 Å². The van der Waals surface area contributed by atoms with Gasteiger partial charge in [0.15, 0.2) is 23.3 Å². The molecule has 0 saturated carbocycles. The Balaban J connectivity index is 0.926. The van der Waals surface area contributed by atoms with Gasteiger partial charge in [0.2, 0.25) is 0 Å². The van der Waals surface area contributed by atoms with Crippen molar-refractivity contribution in [3.05, 3.63) is 219 Å². The average molecular weight is 801 g/mol. The lowest BCUT2D eigenvalue weighted by atomic mass is 9.97. The first kappa shape index (κ1) is 37.4. The fraction of sp³-hybridized carbons (Fsp3) is 0. The zero-order chi connectivity index (χ0) is 40.8. The van der Waals surface area contributed by atoms with Crippen LogP contribution >= 0.6 is 11.8 Å². The largest absolute Gasteiger partial charge is 0.217 e. The molecular formula is C54H36N6S. The molecule has 0 aliphatic heterocycles. The Kier molecular flexibility index (Phi) is 10.5. The van der Waals surface area contributed by atoms with Crippen LogP contribution in [0.2, 0.25) is 0 Å². The molecule has 0 atom stereocenters. The SMILES string of the molecule is c1ccc(-c2ncnc(-c3cccc(-c4cccc(-c5ccccc5Sc5ccccc5-c5cccc(-c6cccc(-c7ncnc(-c8ccccc8)n7)c6)c5)c4)c3)n2)cc1. The molecule has 8 aromatic carbocycles. The molecule has 0 fully saturated rings. The van der Waals surface area contributed by atoms with Gasteiger partial charge in [-0.3, -0.25) is 0 Å². The fourth-order valence-electron chi connectivity index (χ4n) is 7.44. The van der Waals surface area contributed by atoms with Crippen LogP contribution in [0, 0.1) is 0 Å². The Hall–Kier alpha value is -7.87. The van der Waals surface area contributed by atoms with Crippen LogP contribution in [0.4, 0.5) is 0 Å². The third-order valence-electron chi connectivity index (χ3n) is 10.5. The summed E-state index contributed by atoms with van der Waals surface area (Å²) in [6.07, 6.45) is 3.17. The first-order valence-electron chi connectivity index (χ1n) is 20.0. The van der Waals surface area contributed by atoms with Gasteiger partial charge in [0.25, 0.3) is 0 Å². The zero-order valence-electron chi connectivity index (χ0n) is 32.9. The molecule has 0 spiro atoms. The maximum Gasteiger partial charge on any atom is 0.163 e. The number of nitrogens with zero attached hydrogens (tertiary/aromatic N) is 6. The quantitative estimate of drug-likeness (QED) is 0.136. The third kappa shape index (κ3) is 8.23. The maximum atomic E-state index is 4.81.